The fourth-order valence-corrected chi connectivity index (χ4v) is 7.32. The van der Waals surface area contributed by atoms with Gasteiger partial charge in [-0.25, -0.2) is 0 Å². The predicted octanol–water partition coefficient (Wildman–Crippen LogP) is 8.79. The van der Waals surface area contributed by atoms with Crippen molar-refractivity contribution >= 4 is 61.9 Å². The number of likely N-dealkylation sites (N-methyl/N-ethyl adjacent to an activating group) is 2. The molecule has 0 bridgehead atoms. The van der Waals surface area contributed by atoms with Gasteiger partial charge in [0.15, 0.2) is 0 Å². The fraction of sp³-hybridized carbons (Fsp3) is 0.240. The summed E-state index contributed by atoms with van der Waals surface area (Å²) in [5.74, 6) is 0.0270. The number of rotatable bonds is 8. The maximum atomic E-state index is 11.8. The fourth-order valence-electron chi connectivity index (χ4n) is 6.84. The molecule has 64 heavy (non-hydrogen) atoms. The molecular weight excluding hydrogens is 867 g/mol. The number of hydrogen-bond acceptors (Lipinski definition) is 8. The van der Waals surface area contributed by atoms with Gasteiger partial charge in [0.2, 0.25) is 11.8 Å². The van der Waals surface area contributed by atoms with Crippen molar-refractivity contribution in [1.29, 1.82) is 0 Å². The number of aromatic nitrogens is 6. The van der Waals surface area contributed by atoms with Gasteiger partial charge in [-0.1, -0.05) is 97.1 Å². The van der Waals surface area contributed by atoms with Gasteiger partial charge >= 0.3 is 7.12 Å². The van der Waals surface area contributed by atoms with Crippen LogP contribution in [0, 0.1) is 0 Å². The SMILES string of the molecule is Brc1cncc2ccccc12.CN(C)C(=O)Cn1cc(-c2ccc(-c3cncc4ccccc34)cc2)cn1.CN(C)C(=O)Cn1cc(-c2ccc(B3OC(C)(C)C(C)(C)O3)cc2)cn1. The summed E-state index contributed by atoms with van der Waals surface area (Å²) in [7, 11) is 6.60. The zero-order valence-electron chi connectivity index (χ0n) is 37.4. The van der Waals surface area contributed by atoms with Crippen molar-refractivity contribution < 1.29 is 18.9 Å². The van der Waals surface area contributed by atoms with E-state index in [2.05, 4.69) is 78.6 Å². The predicted molar refractivity (Wildman–Crippen MR) is 259 cm³/mol. The molecule has 0 saturated carbocycles. The lowest BCUT2D eigenvalue weighted by atomic mass is 9.78. The van der Waals surface area contributed by atoms with Crippen LogP contribution in [0.5, 0.6) is 0 Å². The van der Waals surface area contributed by atoms with E-state index in [0.29, 0.717) is 0 Å². The van der Waals surface area contributed by atoms with Gasteiger partial charge in [-0.15, -0.1) is 0 Å². The molecule has 4 aromatic heterocycles. The van der Waals surface area contributed by atoms with Crippen molar-refractivity contribution in [1.82, 2.24) is 39.3 Å². The molecule has 1 aliphatic heterocycles. The normalized spacial score (nSPS) is 13.7. The lowest BCUT2D eigenvalue weighted by Crippen LogP contribution is -2.41. The zero-order chi connectivity index (χ0) is 45.6. The highest BCUT2D eigenvalue weighted by Gasteiger charge is 2.51. The van der Waals surface area contributed by atoms with Crippen molar-refractivity contribution in [2.24, 2.45) is 0 Å². The summed E-state index contributed by atoms with van der Waals surface area (Å²) in [4.78, 5) is 35.2. The van der Waals surface area contributed by atoms with Crippen molar-refractivity contribution in [2.45, 2.75) is 52.0 Å². The molecule has 4 aromatic carbocycles. The van der Waals surface area contributed by atoms with Gasteiger partial charge in [-0.3, -0.25) is 28.9 Å². The summed E-state index contributed by atoms with van der Waals surface area (Å²) in [6.45, 7) is 8.66. The number of carbonyl (C=O) groups is 2. The van der Waals surface area contributed by atoms with E-state index in [-0.39, 0.29) is 43.2 Å². The van der Waals surface area contributed by atoms with E-state index in [0.717, 1.165) is 48.7 Å². The van der Waals surface area contributed by atoms with E-state index in [1.807, 2.05) is 119 Å². The average Bonchev–Trinajstić information content (AvgIpc) is 4.01. The molecular formula is C50H52BBrN8O4. The van der Waals surface area contributed by atoms with Crippen LogP contribution in [0.25, 0.3) is 54.9 Å². The third-order valence-electron chi connectivity index (χ3n) is 11.4. The maximum Gasteiger partial charge on any atom is 0.494 e. The average molecular weight is 920 g/mol. The molecule has 0 N–H and O–H groups in total. The van der Waals surface area contributed by atoms with Crippen molar-refractivity contribution in [2.75, 3.05) is 28.2 Å². The molecule has 1 fully saturated rings. The first-order chi connectivity index (χ1) is 30.6. The molecule has 14 heteroatoms. The zero-order valence-corrected chi connectivity index (χ0v) is 39.0. The lowest BCUT2D eigenvalue weighted by Gasteiger charge is -2.32. The summed E-state index contributed by atoms with van der Waals surface area (Å²) in [5, 5.41) is 13.3. The first kappa shape index (κ1) is 45.5. The Hall–Kier alpha value is -6.48. The van der Waals surface area contributed by atoms with Crippen molar-refractivity contribution in [3.8, 4) is 33.4 Å². The molecule has 0 aliphatic carbocycles. The molecule has 0 atom stereocenters. The second-order valence-electron chi connectivity index (χ2n) is 17.0. The van der Waals surface area contributed by atoms with Crippen molar-refractivity contribution in [3.05, 3.63) is 151 Å². The number of nitrogens with zero attached hydrogens (tertiary/aromatic N) is 8. The van der Waals surface area contributed by atoms with E-state index in [1.54, 1.807) is 59.7 Å². The van der Waals surface area contributed by atoms with Crippen molar-refractivity contribution in [3.63, 3.8) is 0 Å². The van der Waals surface area contributed by atoms with E-state index >= 15 is 0 Å². The largest absolute Gasteiger partial charge is 0.494 e. The Kier molecular flexibility index (Phi) is 13.9. The molecule has 0 unspecified atom stereocenters. The van der Waals surface area contributed by atoms with Gasteiger partial charge in [0.05, 0.1) is 23.6 Å². The second-order valence-corrected chi connectivity index (χ2v) is 17.8. The first-order valence-electron chi connectivity index (χ1n) is 20.9. The molecule has 2 amide bonds. The summed E-state index contributed by atoms with van der Waals surface area (Å²) in [5.41, 5.74) is 6.59. The monoisotopic (exact) mass is 918 g/mol. The van der Waals surface area contributed by atoms with E-state index in [1.165, 1.54) is 16.2 Å². The third-order valence-corrected chi connectivity index (χ3v) is 12.1. The number of halogens is 1. The topological polar surface area (TPSA) is 121 Å². The molecule has 8 aromatic rings. The molecule has 9 rings (SSSR count). The Morgan fingerprint density at radius 2 is 1.00 bits per heavy atom. The highest BCUT2D eigenvalue weighted by molar-refractivity contribution is 9.10. The quantitative estimate of drug-likeness (QED) is 0.139. The number of benzene rings is 4. The molecule has 1 saturated heterocycles. The summed E-state index contributed by atoms with van der Waals surface area (Å²) < 4.78 is 16.5. The van der Waals surface area contributed by atoms with E-state index in [9.17, 15) is 9.59 Å². The summed E-state index contributed by atoms with van der Waals surface area (Å²) in [6, 6.07) is 32.8. The highest BCUT2D eigenvalue weighted by Crippen LogP contribution is 2.37. The number of fused-ring (bicyclic) bond motifs is 2. The lowest BCUT2D eigenvalue weighted by molar-refractivity contribution is -0.130. The second kappa shape index (κ2) is 19.5. The van der Waals surface area contributed by atoms with Gasteiger partial charge in [-0.05, 0) is 76.6 Å². The number of hydrogen-bond donors (Lipinski definition) is 0. The van der Waals surface area contributed by atoms with Gasteiger partial charge in [-0.2, -0.15) is 10.2 Å². The standard InChI is InChI=1S/C22H20N4O.C19H26BN3O3.C9H6BrN/c1-25(2)22(27)15-26-14-19(12-24-26)16-7-9-17(10-8-16)21-13-23-11-18-5-3-4-6-20(18)21;1-18(2)19(3,4)26-20(25-18)16-9-7-14(8-10-16)15-11-21-23(12-15)13-17(24)22(5)6;10-9-6-11-5-7-3-1-2-4-8(7)9/h3-14H,15H2,1-2H3;7-12H,13H2,1-6H3;1-6H. The minimum Gasteiger partial charge on any atom is -0.399 e. The summed E-state index contributed by atoms with van der Waals surface area (Å²) >= 11 is 3.43. The number of carbonyl (C=O) groups excluding carboxylic acids is 2. The molecule has 0 radical (unpaired) electrons. The Morgan fingerprint density at radius 1 is 0.562 bits per heavy atom. The highest BCUT2D eigenvalue weighted by atomic mass is 79.9. The minimum absolute atomic E-state index is 0.00996. The summed E-state index contributed by atoms with van der Waals surface area (Å²) in [6.07, 6.45) is 14.8. The molecule has 12 nitrogen and oxygen atoms in total. The van der Waals surface area contributed by atoms with Crippen LogP contribution >= 0.6 is 15.9 Å². The molecule has 1 aliphatic rings. The number of amides is 2. The molecule has 326 valence electrons. The minimum atomic E-state index is -0.366. The maximum absolute atomic E-state index is 11.8. The Bertz CT molecular complexity index is 2850. The number of pyridine rings is 2. The first-order valence-corrected chi connectivity index (χ1v) is 21.7. The van der Waals surface area contributed by atoms with Gasteiger partial charge in [0.1, 0.15) is 13.1 Å². The Labute approximate surface area is 383 Å². The van der Waals surface area contributed by atoms with Gasteiger partial charge in [0.25, 0.3) is 0 Å². The van der Waals surface area contributed by atoms with Crippen LogP contribution in [-0.2, 0) is 32.0 Å². The van der Waals surface area contributed by atoms with Crippen LogP contribution in [0.2, 0.25) is 0 Å². The van der Waals surface area contributed by atoms with Crippen LogP contribution in [0.4, 0.5) is 0 Å². The van der Waals surface area contributed by atoms with Gasteiger partial charge in [0, 0.05) is 97.3 Å². The van der Waals surface area contributed by atoms with Gasteiger partial charge < -0.3 is 19.1 Å². The van der Waals surface area contributed by atoms with E-state index < -0.39 is 0 Å². The van der Waals surface area contributed by atoms with Crippen LogP contribution in [0.1, 0.15) is 27.7 Å². The third kappa shape index (κ3) is 10.6. The Balaban J connectivity index is 0.000000155. The van der Waals surface area contributed by atoms with Crippen LogP contribution in [0.15, 0.2) is 151 Å². The van der Waals surface area contributed by atoms with Crippen LogP contribution in [0.3, 0.4) is 0 Å². The molecule has 5 heterocycles. The smallest absolute Gasteiger partial charge is 0.399 e. The molecule has 0 spiro atoms. The van der Waals surface area contributed by atoms with E-state index in [4.69, 9.17) is 9.31 Å². The van der Waals surface area contributed by atoms with Crippen LogP contribution < -0.4 is 5.46 Å². The van der Waals surface area contributed by atoms with Crippen LogP contribution in [-0.4, -0.2) is 97.7 Å². The Morgan fingerprint density at radius 3 is 1.50 bits per heavy atom.